The number of alkyl halides is 1. The van der Waals surface area contributed by atoms with Crippen LogP contribution in [0.2, 0.25) is 0 Å². The summed E-state index contributed by atoms with van der Waals surface area (Å²) in [5.74, 6) is 1.14. The van der Waals surface area contributed by atoms with Gasteiger partial charge in [-0.15, -0.1) is 0 Å². The van der Waals surface area contributed by atoms with E-state index < -0.39 is 6.17 Å². The Labute approximate surface area is 246 Å². The fraction of sp³-hybridized carbons (Fsp3) is 0.781. The van der Waals surface area contributed by atoms with Crippen LogP contribution < -0.4 is 32.1 Å². The van der Waals surface area contributed by atoms with Gasteiger partial charge < -0.3 is 21.3 Å². The number of amides is 1. The van der Waals surface area contributed by atoms with E-state index in [0.29, 0.717) is 49.1 Å². The molecule has 6 N–H and O–H groups in total. The maximum atomic E-state index is 15.3. The number of nitrogens with one attached hydrogen (secondary N) is 6. The second kappa shape index (κ2) is 15.1. The Bertz CT molecular complexity index is 956. The number of piperidine rings is 2. The maximum absolute atomic E-state index is 15.3. The van der Waals surface area contributed by atoms with Crippen molar-refractivity contribution in [3.63, 3.8) is 0 Å². The van der Waals surface area contributed by atoms with Crippen molar-refractivity contribution in [3.8, 4) is 0 Å². The maximum Gasteiger partial charge on any atom is 0.251 e. The van der Waals surface area contributed by atoms with E-state index in [4.69, 9.17) is 0 Å². The Morgan fingerprint density at radius 3 is 2.56 bits per heavy atom. The second-order valence-corrected chi connectivity index (χ2v) is 13.2. The van der Waals surface area contributed by atoms with Crippen molar-refractivity contribution in [2.75, 3.05) is 38.5 Å². The van der Waals surface area contributed by atoms with Crippen LogP contribution in [0.15, 0.2) is 24.3 Å². The zero-order valence-electron chi connectivity index (χ0n) is 25.3. The topological polar surface area (TPSA) is 92.5 Å². The Balaban J connectivity index is 1.11. The van der Waals surface area contributed by atoms with Gasteiger partial charge in [0.25, 0.3) is 5.91 Å². The number of likely N-dealkylation sites (N-methyl/N-ethyl adjacent to an activating group) is 1. The molecule has 5 rings (SSSR count). The van der Waals surface area contributed by atoms with Crippen molar-refractivity contribution in [3.05, 3.63) is 29.8 Å². The molecule has 1 aliphatic carbocycles. The summed E-state index contributed by atoms with van der Waals surface area (Å²) >= 11 is 0. The van der Waals surface area contributed by atoms with Crippen molar-refractivity contribution < 1.29 is 9.18 Å². The van der Waals surface area contributed by atoms with Crippen LogP contribution in [-0.4, -0.2) is 74.6 Å². The van der Waals surface area contributed by atoms with Crippen LogP contribution in [0.4, 0.5) is 10.1 Å². The number of hydrogen-bond acceptors (Lipinski definition) is 7. The first-order valence-electron chi connectivity index (χ1n) is 16.5. The zero-order valence-corrected chi connectivity index (χ0v) is 25.3. The van der Waals surface area contributed by atoms with Gasteiger partial charge in [0, 0.05) is 48.9 Å². The van der Waals surface area contributed by atoms with Gasteiger partial charge in [0.1, 0.15) is 6.17 Å². The monoisotopic (exact) mass is 571 g/mol. The van der Waals surface area contributed by atoms with Crippen LogP contribution in [0, 0.1) is 17.8 Å². The van der Waals surface area contributed by atoms with E-state index >= 15 is 4.39 Å². The van der Waals surface area contributed by atoms with E-state index in [1.807, 2.05) is 24.3 Å². The first kappa shape index (κ1) is 30.7. The Kier molecular flexibility index (Phi) is 11.3. The minimum absolute atomic E-state index is 0.0155. The Morgan fingerprint density at radius 2 is 1.78 bits per heavy atom. The van der Waals surface area contributed by atoms with E-state index in [0.717, 1.165) is 18.7 Å². The molecule has 0 spiro atoms. The fourth-order valence-corrected chi connectivity index (χ4v) is 7.55. The molecule has 41 heavy (non-hydrogen) atoms. The SMILES string of the molecule is CC1CCCNC1CNC(=O)c1cccc(NCC2NNC(C3CC(C4CCCCCCCC4)NCC3F)N2C)c1. The largest absolute Gasteiger partial charge is 0.382 e. The van der Waals surface area contributed by atoms with E-state index in [1.165, 1.54) is 64.2 Å². The van der Waals surface area contributed by atoms with Gasteiger partial charge in [-0.2, -0.15) is 0 Å². The predicted molar refractivity (Wildman–Crippen MR) is 164 cm³/mol. The summed E-state index contributed by atoms with van der Waals surface area (Å²) in [6.45, 7) is 5.01. The van der Waals surface area contributed by atoms with Crippen molar-refractivity contribution in [1.82, 2.24) is 31.7 Å². The van der Waals surface area contributed by atoms with Crippen LogP contribution in [0.1, 0.15) is 87.9 Å². The van der Waals surface area contributed by atoms with E-state index in [-0.39, 0.29) is 24.2 Å². The summed E-state index contributed by atoms with van der Waals surface area (Å²) in [5, 5.41) is 13.7. The fourth-order valence-electron chi connectivity index (χ4n) is 7.55. The number of hydrogen-bond donors (Lipinski definition) is 6. The number of hydrazine groups is 1. The highest BCUT2D eigenvalue weighted by Gasteiger charge is 2.43. The number of carbonyl (C=O) groups is 1. The summed E-state index contributed by atoms with van der Waals surface area (Å²) in [6.07, 6.45) is 13.0. The highest BCUT2D eigenvalue weighted by atomic mass is 19.1. The number of benzene rings is 1. The molecule has 3 saturated heterocycles. The third-order valence-electron chi connectivity index (χ3n) is 10.3. The van der Waals surface area contributed by atoms with E-state index in [2.05, 4.69) is 51.0 Å². The summed E-state index contributed by atoms with van der Waals surface area (Å²) in [7, 11) is 2.08. The molecule has 0 bridgehead atoms. The summed E-state index contributed by atoms with van der Waals surface area (Å²) in [6, 6.07) is 8.43. The molecule has 0 radical (unpaired) electrons. The van der Waals surface area contributed by atoms with Gasteiger partial charge in [-0.05, 0) is 75.7 Å². The first-order valence-corrected chi connectivity index (χ1v) is 16.5. The van der Waals surface area contributed by atoms with Crippen LogP contribution in [0.3, 0.4) is 0 Å². The lowest BCUT2D eigenvalue weighted by molar-refractivity contribution is 0.0519. The van der Waals surface area contributed by atoms with Crippen molar-refractivity contribution in [2.24, 2.45) is 17.8 Å². The summed E-state index contributed by atoms with van der Waals surface area (Å²) < 4.78 is 15.3. The number of carbonyl (C=O) groups excluding carboxylic acids is 1. The molecule has 230 valence electrons. The molecule has 1 amide bonds. The van der Waals surface area contributed by atoms with Gasteiger partial charge in [0.2, 0.25) is 0 Å². The minimum Gasteiger partial charge on any atom is -0.382 e. The van der Waals surface area contributed by atoms with Crippen molar-refractivity contribution in [2.45, 2.75) is 108 Å². The van der Waals surface area contributed by atoms with Gasteiger partial charge in [-0.3, -0.25) is 9.69 Å². The molecule has 7 atom stereocenters. The lowest BCUT2D eigenvalue weighted by atomic mass is 9.79. The van der Waals surface area contributed by atoms with Gasteiger partial charge >= 0.3 is 0 Å². The molecule has 1 aromatic rings. The van der Waals surface area contributed by atoms with Gasteiger partial charge in [0.05, 0.1) is 12.3 Å². The molecule has 7 unspecified atom stereocenters. The zero-order chi connectivity index (χ0) is 28.6. The molecule has 1 aromatic carbocycles. The van der Waals surface area contributed by atoms with E-state index in [1.54, 1.807) is 0 Å². The molecule has 0 aromatic heterocycles. The normalized spacial score (nSPS) is 34.4. The van der Waals surface area contributed by atoms with Crippen molar-refractivity contribution >= 4 is 11.6 Å². The summed E-state index contributed by atoms with van der Waals surface area (Å²) in [5.41, 5.74) is 8.40. The van der Waals surface area contributed by atoms with Crippen LogP contribution in [-0.2, 0) is 0 Å². The van der Waals surface area contributed by atoms with Gasteiger partial charge in [0.15, 0.2) is 0 Å². The number of rotatable bonds is 8. The highest BCUT2D eigenvalue weighted by molar-refractivity contribution is 5.95. The average Bonchev–Trinajstić information content (AvgIpc) is 3.41. The second-order valence-electron chi connectivity index (χ2n) is 13.2. The standard InChI is InChI=1S/C32H54FN7O/c1-22-11-10-16-34-29(22)20-37-32(41)24-14-9-15-25(17-24)35-21-30-38-39-31(40(30)2)26-18-28(36-19-27(26)33)23-12-7-5-3-4-6-8-13-23/h9,14-15,17,22-23,26-31,34-36,38-39H,3-8,10-13,16,18-21H2,1-2H3,(H,37,41). The number of nitrogens with zero attached hydrogens (tertiary/aromatic N) is 1. The summed E-state index contributed by atoms with van der Waals surface area (Å²) in [4.78, 5) is 15.1. The Morgan fingerprint density at radius 1 is 1.00 bits per heavy atom. The lowest BCUT2D eigenvalue weighted by Crippen LogP contribution is -2.56. The molecule has 4 fully saturated rings. The van der Waals surface area contributed by atoms with Crippen molar-refractivity contribution in [1.29, 1.82) is 0 Å². The van der Waals surface area contributed by atoms with Crippen LogP contribution >= 0.6 is 0 Å². The number of halogens is 1. The molecule has 9 heteroatoms. The highest BCUT2D eigenvalue weighted by Crippen LogP contribution is 2.33. The predicted octanol–water partition coefficient (Wildman–Crippen LogP) is 3.98. The lowest BCUT2D eigenvalue weighted by Gasteiger charge is -2.41. The quantitative estimate of drug-likeness (QED) is 0.281. The molecule has 8 nitrogen and oxygen atoms in total. The van der Waals surface area contributed by atoms with Gasteiger partial charge in [-0.25, -0.2) is 15.2 Å². The Hall–Kier alpha value is -1.78. The smallest absolute Gasteiger partial charge is 0.251 e. The molecule has 3 aliphatic heterocycles. The molecule has 4 aliphatic rings. The third kappa shape index (κ3) is 8.20. The molecular weight excluding hydrogens is 517 g/mol. The average molecular weight is 572 g/mol. The number of anilines is 1. The molecular formula is C32H54FN7O. The van der Waals surface area contributed by atoms with E-state index in [9.17, 15) is 4.79 Å². The first-order chi connectivity index (χ1) is 20.0. The minimum atomic E-state index is -0.863. The van der Waals surface area contributed by atoms with Gasteiger partial charge in [-0.1, -0.05) is 51.5 Å². The van der Waals surface area contributed by atoms with Crippen LogP contribution in [0.5, 0.6) is 0 Å². The third-order valence-corrected chi connectivity index (χ3v) is 10.3. The molecule has 3 heterocycles. The molecule has 1 saturated carbocycles. The van der Waals surface area contributed by atoms with Crippen LogP contribution in [0.25, 0.3) is 0 Å².